The van der Waals surface area contributed by atoms with Gasteiger partial charge in [-0.2, -0.15) is 5.10 Å². The Morgan fingerprint density at radius 2 is 2.25 bits per heavy atom. The highest BCUT2D eigenvalue weighted by Crippen LogP contribution is 2.17. The number of carbonyl (C=O) groups is 1. The summed E-state index contributed by atoms with van der Waals surface area (Å²) in [5.41, 5.74) is 0.246. The lowest BCUT2D eigenvalue weighted by Gasteiger charge is -2.03. The van der Waals surface area contributed by atoms with Crippen molar-refractivity contribution in [2.24, 2.45) is 0 Å². The molecule has 2 aromatic rings. The van der Waals surface area contributed by atoms with Crippen LogP contribution in [0.1, 0.15) is 10.4 Å². The molecule has 0 fully saturated rings. The fraction of sp³-hybridized carbons (Fsp3) is 0. The molecule has 0 radical (unpaired) electrons. The van der Waals surface area contributed by atoms with Crippen LogP contribution in [0, 0.1) is 5.82 Å². The molecule has 0 saturated heterocycles. The summed E-state index contributed by atoms with van der Waals surface area (Å²) in [5.74, 6) is -0.402. The van der Waals surface area contributed by atoms with Crippen LogP contribution in [0.25, 0.3) is 0 Å². The maximum absolute atomic E-state index is 13.2. The molecule has 0 saturated carbocycles. The number of H-pyrrole nitrogens is 1. The number of halogens is 2. The van der Waals surface area contributed by atoms with E-state index in [2.05, 4.69) is 31.4 Å². The van der Waals surface area contributed by atoms with E-state index in [1.807, 2.05) is 0 Å². The Morgan fingerprint density at radius 3 is 2.88 bits per heavy atom. The highest BCUT2D eigenvalue weighted by Gasteiger charge is 2.09. The number of benzene rings is 1. The topological polar surface area (TPSA) is 57.8 Å². The van der Waals surface area contributed by atoms with Crippen LogP contribution >= 0.6 is 15.9 Å². The summed E-state index contributed by atoms with van der Waals surface area (Å²) in [4.78, 5) is 11.6. The lowest BCUT2D eigenvalue weighted by Crippen LogP contribution is -2.12. The normalized spacial score (nSPS) is 10.1. The van der Waals surface area contributed by atoms with Crippen LogP contribution in [-0.4, -0.2) is 16.1 Å². The molecule has 0 aliphatic rings. The number of hydrogen-bond donors (Lipinski definition) is 2. The van der Waals surface area contributed by atoms with E-state index in [9.17, 15) is 9.18 Å². The summed E-state index contributed by atoms with van der Waals surface area (Å²) in [6.45, 7) is 0. The minimum atomic E-state index is -0.475. The van der Waals surface area contributed by atoms with Gasteiger partial charge in [-0.3, -0.25) is 9.89 Å². The third-order valence-electron chi connectivity index (χ3n) is 1.93. The predicted octanol–water partition coefficient (Wildman–Crippen LogP) is 2.56. The molecule has 1 heterocycles. The minimum absolute atomic E-state index is 0.246. The quantitative estimate of drug-likeness (QED) is 0.890. The molecule has 16 heavy (non-hydrogen) atoms. The van der Waals surface area contributed by atoms with Gasteiger partial charge >= 0.3 is 0 Å². The third-order valence-corrected chi connectivity index (χ3v) is 2.57. The minimum Gasteiger partial charge on any atom is -0.307 e. The number of hydrogen-bond acceptors (Lipinski definition) is 2. The van der Waals surface area contributed by atoms with E-state index in [1.165, 1.54) is 18.3 Å². The zero-order chi connectivity index (χ0) is 11.5. The first kappa shape index (κ1) is 10.8. The molecule has 2 rings (SSSR count). The fourth-order valence-electron chi connectivity index (χ4n) is 1.16. The molecule has 0 spiro atoms. The van der Waals surface area contributed by atoms with E-state index in [0.717, 1.165) is 6.07 Å². The predicted molar refractivity (Wildman–Crippen MR) is 60.6 cm³/mol. The largest absolute Gasteiger partial charge is 0.307 e. The van der Waals surface area contributed by atoms with Gasteiger partial charge in [-0.25, -0.2) is 4.39 Å². The van der Waals surface area contributed by atoms with Crippen LogP contribution in [-0.2, 0) is 0 Å². The highest BCUT2D eigenvalue weighted by atomic mass is 79.9. The Balaban J connectivity index is 2.18. The first-order chi connectivity index (χ1) is 7.66. The van der Waals surface area contributed by atoms with E-state index < -0.39 is 11.7 Å². The number of aromatic nitrogens is 2. The molecule has 4 nitrogen and oxygen atoms in total. The van der Waals surface area contributed by atoms with Gasteiger partial charge in [0.2, 0.25) is 0 Å². The van der Waals surface area contributed by atoms with Crippen LogP contribution in [0.15, 0.2) is 34.9 Å². The van der Waals surface area contributed by atoms with Crippen molar-refractivity contribution in [3.05, 3.63) is 46.3 Å². The number of amides is 1. The summed E-state index contributed by atoms with van der Waals surface area (Å²) in [7, 11) is 0. The van der Waals surface area contributed by atoms with E-state index >= 15 is 0 Å². The van der Waals surface area contributed by atoms with Gasteiger partial charge in [-0.1, -0.05) is 0 Å². The van der Waals surface area contributed by atoms with Gasteiger partial charge in [0.1, 0.15) is 11.6 Å². The van der Waals surface area contributed by atoms with Crippen LogP contribution in [0.5, 0.6) is 0 Å². The molecule has 0 bridgehead atoms. The summed E-state index contributed by atoms with van der Waals surface area (Å²) in [5, 5.41) is 8.80. The summed E-state index contributed by atoms with van der Waals surface area (Å²) >= 11 is 3.02. The highest BCUT2D eigenvalue weighted by molar-refractivity contribution is 9.10. The molecule has 82 valence electrons. The standard InChI is InChI=1S/C10H7BrFN3O/c11-7-2-1-6(5-8(7)12)10(16)14-9-3-4-13-15-9/h1-5H,(H2,13,14,15,16). The average Bonchev–Trinajstić information content (AvgIpc) is 2.74. The molecular weight excluding hydrogens is 277 g/mol. The van der Waals surface area contributed by atoms with Crippen molar-refractivity contribution < 1.29 is 9.18 Å². The number of nitrogens with zero attached hydrogens (tertiary/aromatic N) is 1. The van der Waals surface area contributed by atoms with Gasteiger partial charge in [0.25, 0.3) is 5.91 Å². The Labute approximate surface area is 99.0 Å². The van der Waals surface area contributed by atoms with Crippen molar-refractivity contribution >= 4 is 27.7 Å². The fourth-order valence-corrected chi connectivity index (χ4v) is 1.40. The van der Waals surface area contributed by atoms with Crippen LogP contribution in [0.3, 0.4) is 0 Å². The van der Waals surface area contributed by atoms with Crippen LogP contribution < -0.4 is 5.32 Å². The van der Waals surface area contributed by atoms with Crippen molar-refractivity contribution in [2.75, 3.05) is 5.32 Å². The third kappa shape index (κ3) is 2.27. The number of carbonyl (C=O) groups excluding carboxylic acids is 1. The van der Waals surface area contributed by atoms with Crippen molar-refractivity contribution in [1.29, 1.82) is 0 Å². The Bertz CT molecular complexity index is 513. The maximum atomic E-state index is 13.2. The molecule has 6 heteroatoms. The molecule has 0 aliphatic carbocycles. The number of nitrogens with one attached hydrogen (secondary N) is 2. The van der Waals surface area contributed by atoms with E-state index in [4.69, 9.17) is 0 Å². The monoisotopic (exact) mass is 283 g/mol. The van der Waals surface area contributed by atoms with Crippen molar-refractivity contribution in [3.8, 4) is 0 Å². The zero-order valence-corrected chi connectivity index (χ0v) is 9.58. The zero-order valence-electron chi connectivity index (χ0n) is 8.00. The molecular formula is C10H7BrFN3O. The lowest BCUT2D eigenvalue weighted by molar-refractivity contribution is 0.102. The van der Waals surface area contributed by atoms with E-state index in [1.54, 1.807) is 6.07 Å². The molecule has 0 aliphatic heterocycles. The Kier molecular flexibility index (Phi) is 3.00. The van der Waals surface area contributed by atoms with Gasteiger partial charge < -0.3 is 5.32 Å². The van der Waals surface area contributed by atoms with Crippen molar-refractivity contribution in [2.45, 2.75) is 0 Å². The number of anilines is 1. The van der Waals surface area contributed by atoms with Crippen molar-refractivity contribution in [1.82, 2.24) is 10.2 Å². The lowest BCUT2D eigenvalue weighted by atomic mass is 10.2. The molecule has 0 atom stereocenters. The second-order valence-corrected chi connectivity index (χ2v) is 3.91. The summed E-state index contributed by atoms with van der Waals surface area (Å²) < 4.78 is 13.5. The molecule has 0 unspecified atom stereocenters. The van der Waals surface area contributed by atoms with Gasteiger partial charge in [-0.05, 0) is 34.1 Å². The maximum Gasteiger partial charge on any atom is 0.256 e. The van der Waals surface area contributed by atoms with E-state index in [-0.39, 0.29) is 5.56 Å². The first-order valence-electron chi connectivity index (χ1n) is 4.42. The van der Waals surface area contributed by atoms with E-state index in [0.29, 0.717) is 10.3 Å². The second-order valence-electron chi connectivity index (χ2n) is 3.05. The van der Waals surface area contributed by atoms with Gasteiger partial charge in [0.15, 0.2) is 0 Å². The van der Waals surface area contributed by atoms with Crippen molar-refractivity contribution in [3.63, 3.8) is 0 Å². The Morgan fingerprint density at radius 1 is 1.44 bits per heavy atom. The second kappa shape index (κ2) is 4.44. The van der Waals surface area contributed by atoms with Gasteiger partial charge in [0.05, 0.1) is 10.7 Å². The number of rotatable bonds is 2. The molecule has 1 aromatic heterocycles. The molecule has 2 N–H and O–H groups in total. The number of aromatic amines is 1. The van der Waals surface area contributed by atoms with Crippen LogP contribution in [0.4, 0.5) is 10.2 Å². The average molecular weight is 284 g/mol. The van der Waals surface area contributed by atoms with Crippen LogP contribution in [0.2, 0.25) is 0 Å². The summed E-state index contributed by atoms with van der Waals surface area (Å²) in [6.07, 6.45) is 1.51. The van der Waals surface area contributed by atoms with Gasteiger partial charge in [-0.15, -0.1) is 0 Å². The molecule has 1 amide bonds. The molecule has 1 aromatic carbocycles. The van der Waals surface area contributed by atoms with Gasteiger partial charge in [0, 0.05) is 11.6 Å². The SMILES string of the molecule is O=C(Nc1ccn[nH]1)c1ccc(Br)c(F)c1. The Hall–Kier alpha value is -1.69. The first-order valence-corrected chi connectivity index (χ1v) is 5.22. The summed E-state index contributed by atoms with van der Waals surface area (Å²) in [6, 6.07) is 5.78. The smallest absolute Gasteiger partial charge is 0.256 e.